The van der Waals surface area contributed by atoms with Crippen molar-refractivity contribution < 1.29 is 9.90 Å². The van der Waals surface area contributed by atoms with E-state index >= 15 is 0 Å². The first-order valence-corrected chi connectivity index (χ1v) is 7.86. The highest BCUT2D eigenvalue weighted by atomic mass is 32.2. The van der Waals surface area contributed by atoms with E-state index in [-0.39, 0.29) is 18.4 Å². The van der Waals surface area contributed by atoms with Gasteiger partial charge in [-0.05, 0) is 18.9 Å². The van der Waals surface area contributed by atoms with E-state index in [9.17, 15) is 4.79 Å². The maximum atomic E-state index is 12.0. The number of aliphatic hydroxyl groups is 1. The molecule has 1 saturated heterocycles. The Hall–Kier alpha value is -1.00. The van der Waals surface area contributed by atoms with Crippen LogP contribution in [-0.4, -0.2) is 41.4 Å². The van der Waals surface area contributed by atoms with Crippen molar-refractivity contribution in [1.82, 2.24) is 4.90 Å². The van der Waals surface area contributed by atoms with E-state index in [2.05, 4.69) is 31.2 Å². The monoisotopic (exact) mass is 279 g/mol. The van der Waals surface area contributed by atoms with Crippen molar-refractivity contribution in [2.24, 2.45) is 5.92 Å². The second kappa shape index (κ2) is 6.96. The third-order valence-electron chi connectivity index (χ3n) is 3.47. The van der Waals surface area contributed by atoms with Crippen molar-refractivity contribution in [3.8, 4) is 0 Å². The van der Waals surface area contributed by atoms with Gasteiger partial charge in [0.1, 0.15) is 0 Å². The average molecular weight is 279 g/mol. The smallest absolute Gasteiger partial charge is 0.232 e. The third-order valence-corrected chi connectivity index (χ3v) is 4.46. The summed E-state index contributed by atoms with van der Waals surface area (Å²) >= 11 is 1.67. The van der Waals surface area contributed by atoms with Crippen LogP contribution in [-0.2, 0) is 10.5 Å². The van der Waals surface area contributed by atoms with Gasteiger partial charge in [0, 0.05) is 31.4 Å². The minimum Gasteiger partial charge on any atom is -0.396 e. The minimum atomic E-state index is 0.195. The van der Waals surface area contributed by atoms with Gasteiger partial charge in [0.15, 0.2) is 0 Å². The molecule has 0 aromatic heterocycles. The number of benzene rings is 1. The molecule has 0 aliphatic carbocycles. The van der Waals surface area contributed by atoms with Crippen molar-refractivity contribution in [2.45, 2.75) is 19.1 Å². The van der Waals surface area contributed by atoms with Gasteiger partial charge in [-0.15, -0.1) is 11.8 Å². The number of carbonyl (C=O) groups is 1. The lowest BCUT2D eigenvalue weighted by Gasteiger charge is -2.15. The van der Waals surface area contributed by atoms with E-state index in [1.54, 1.807) is 11.8 Å². The Morgan fingerprint density at radius 1 is 1.53 bits per heavy atom. The number of thioether (sulfide) groups is 1. The molecule has 1 aliphatic rings. The van der Waals surface area contributed by atoms with Gasteiger partial charge in [-0.2, -0.15) is 0 Å². The largest absolute Gasteiger partial charge is 0.396 e. The summed E-state index contributed by atoms with van der Waals surface area (Å²) in [5, 5.41) is 9.07. The number of amides is 1. The second-order valence-corrected chi connectivity index (χ2v) is 6.14. The van der Waals surface area contributed by atoms with Crippen molar-refractivity contribution in [2.75, 3.05) is 25.4 Å². The van der Waals surface area contributed by atoms with Crippen LogP contribution in [0.4, 0.5) is 0 Å². The standard InChI is InChI=1S/C15H21NO2S/c1-12-3-2-4-13(7-12)10-19-11-15(18)16-6-5-14(8-16)9-17/h2-4,7,14,17H,5-6,8-11H2,1H3. The average Bonchev–Trinajstić information content (AvgIpc) is 2.87. The predicted octanol–water partition coefficient (Wildman–Crippen LogP) is 2.07. The molecule has 0 radical (unpaired) electrons. The molecule has 1 N–H and O–H groups in total. The topological polar surface area (TPSA) is 40.5 Å². The van der Waals surface area contributed by atoms with Gasteiger partial charge >= 0.3 is 0 Å². The Morgan fingerprint density at radius 3 is 3.05 bits per heavy atom. The van der Waals surface area contributed by atoms with Crippen LogP contribution in [0, 0.1) is 12.8 Å². The summed E-state index contributed by atoms with van der Waals surface area (Å²) in [6.07, 6.45) is 0.935. The normalized spacial score (nSPS) is 18.8. The number of aryl methyl sites for hydroxylation is 1. The first kappa shape index (κ1) is 14.4. The number of nitrogens with zero attached hydrogens (tertiary/aromatic N) is 1. The molecule has 1 aliphatic heterocycles. The Balaban J connectivity index is 1.72. The fourth-order valence-electron chi connectivity index (χ4n) is 2.36. The van der Waals surface area contributed by atoms with Crippen LogP contribution in [0.2, 0.25) is 0 Å². The fraction of sp³-hybridized carbons (Fsp3) is 0.533. The Morgan fingerprint density at radius 2 is 2.37 bits per heavy atom. The molecule has 1 aromatic rings. The van der Waals surface area contributed by atoms with Crippen LogP contribution in [0.1, 0.15) is 17.5 Å². The summed E-state index contributed by atoms with van der Waals surface area (Å²) < 4.78 is 0. The number of hydrogen-bond acceptors (Lipinski definition) is 3. The molecule has 0 bridgehead atoms. The van der Waals surface area contributed by atoms with Gasteiger partial charge in [-0.1, -0.05) is 29.8 Å². The van der Waals surface area contributed by atoms with Crippen LogP contribution in [0.25, 0.3) is 0 Å². The zero-order chi connectivity index (χ0) is 13.7. The Kier molecular flexibility index (Phi) is 5.28. The maximum absolute atomic E-state index is 12.0. The molecule has 2 rings (SSSR count). The number of rotatable bonds is 5. The molecule has 19 heavy (non-hydrogen) atoms. The number of carbonyl (C=O) groups excluding carboxylic acids is 1. The van der Waals surface area contributed by atoms with Gasteiger partial charge in [0.05, 0.1) is 5.75 Å². The van der Waals surface area contributed by atoms with Gasteiger partial charge in [-0.3, -0.25) is 4.79 Å². The highest BCUT2D eigenvalue weighted by molar-refractivity contribution is 7.99. The lowest BCUT2D eigenvalue weighted by molar-refractivity contribution is -0.127. The zero-order valence-corrected chi connectivity index (χ0v) is 12.2. The lowest BCUT2D eigenvalue weighted by Crippen LogP contribution is -2.30. The van der Waals surface area contributed by atoms with Crippen molar-refractivity contribution in [3.05, 3.63) is 35.4 Å². The molecular weight excluding hydrogens is 258 g/mol. The van der Waals surface area contributed by atoms with Crippen LogP contribution < -0.4 is 0 Å². The van der Waals surface area contributed by atoms with Gasteiger partial charge in [0.25, 0.3) is 0 Å². The molecule has 104 valence electrons. The van der Waals surface area contributed by atoms with Crippen LogP contribution in [0.3, 0.4) is 0 Å². The Labute approximate surface area is 119 Å². The third kappa shape index (κ3) is 4.25. The molecule has 1 heterocycles. The highest BCUT2D eigenvalue weighted by Gasteiger charge is 2.25. The molecule has 0 spiro atoms. The lowest BCUT2D eigenvalue weighted by atomic mass is 10.1. The molecule has 0 saturated carbocycles. The van der Waals surface area contributed by atoms with E-state index in [0.29, 0.717) is 5.75 Å². The number of likely N-dealkylation sites (tertiary alicyclic amines) is 1. The molecule has 1 aromatic carbocycles. The predicted molar refractivity (Wildman–Crippen MR) is 79.1 cm³/mol. The summed E-state index contributed by atoms with van der Waals surface area (Å²) in [6.45, 7) is 3.80. The van der Waals surface area contributed by atoms with E-state index in [0.717, 1.165) is 25.3 Å². The number of aliphatic hydroxyl groups excluding tert-OH is 1. The SMILES string of the molecule is Cc1cccc(CSCC(=O)N2CCC(CO)C2)c1. The van der Waals surface area contributed by atoms with Crippen molar-refractivity contribution >= 4 is 17.7 Å². The van der Waals surface area contributed by atoms with E-state index < -0.39 is 0 Å². The fourth-order valence-corrected chi connectivity index (χ4v) is 3.23. The summed E-state index contributed by atoms with van der Waals surface area (Å²) in [5.74, 6) is 1.90. The summed E-state index contributed by atoms with van der Waals surface area (Å²) in [6, 6.07) is 8.40. The van der Waals surface area contributed by atoms with Gasteiger partial charge in [0.2, 0.25) is 5.91 Å². The molecule has 1 amide bonds. The van der Waals surface area contributed by atoms with Crippen LogP contribution >= 0.6 is 11.8 Å². The summed E-state index contributed by atoms with van der Waals surface area (Å²) in [5.41, 5.74) is 2.53. The maximum Gasteiger partial charge on any atom is 0.232 e. The second-order valence-electron chi connectivity index (χ2n) is 5.16. The molecule has 1 fully saturated rings. The molecule has 1 atom stereocenters. The molecule has 1 unspecified atom stereocenters. The minimum absolute atomic E-state index is 0.195. The van der Waals surface area contributed by atoms with Gasteiger partial charge in [-0.25, -0.2) is 0 Å². The molecule has 3 nitrogen and oxygen atoms in total. The van der Waals surface area contributed by atoms with Crippen LogP contribution in [0.5, 0.6) is 0 Å². The highest BCUT2D eigenvalue weighted by Crippen LogP contribution is 2.18. The van der Waals surface area contributed by atoms with Crippen molar-refractivity contribution in [1.29, 1.82) is 0 Å². The Bertz CT molecular complexity index is 436. The first-order valence-electron chi connectivity index (χ1n) is 6.71. The van der Waals surface area contributed by atoms with E-state index in [1.165, 1.54) is 11.1 Å². The van der Waals surface area contributed by atoms with E-state index in [1.807, 2.05) is 4.90 Å². The molecular formula is C15H21NO2S. The zero-order valence-electron chi connectivity index (χ0n) is 11.3. The number of hydrogen-bond donors (Lipinski definition) is 1. The summed E-state index contributed by atoms with van der Waals surface area (Å²) in [7, 11) is 0. The summed E-state index contributed by atoms with van der Waals surface area (Å²) in [4.78, 5) is 13.9. The van der Waals surface area contributed by atoms with E-state index in [4.69, 9.17) is 5.11 Å². The van der Waals surface area contributed by atoms with Crippen LogP contribution in [0.15, 0.2) is 24.3 Å². The molecule has 4 heteroatoms. The van der Waals surface area contributed by atoms with Gasteiger partial charge < -0.3 is 10.0 Å². The first-order chi connectivity index (χ1) is 9.19. The van der Waals surface area contributed by atoms with Crippen molar-refractivity contribution in [3.63, 3.8) is 0 Å². The quantitative estimate of drug-likeness (QED) is 0.897.